The van der Waals surface area contributed by atoms with E-state index < -0.39 is 0 Å². The predicted octanol–water partition coefficient (Wildman–Crippen LogP) is 3.99. The normalized spacial score (nSPS) is 10.8. The molecule has 1 aromatic carbocycles. The molecule has 21 heavy (non-hydrogen) atoms. The van der Waals surface area contributed by atoms with Crippen LogP contribution in [0.15, 0.2) is 35.7 Å². The minimum atomic E-state index is -0.188. The molecule has 106 valence electrons. The zero-order valence-corrected chi connectivity index (χ0v) is 12.8. The number of benzene rings is 1. The summed E-state index contributed by atoms with van der Waals surface area (Å²) in [5.74, 6) is 0.149. The molecule has 3 rings (SSSR count). The topological polar surface area (TPSA) is 54.9 Å². The summed E-state index contributed by atoms with van der Waals surface area (Å²) < 4.78 is 0. The Labute approximate surface area is 130 Å². The van der Waals surface area contributed by atoms with Gasteiger partial charge in [-0.1, -0.05) is 18.2 Å². The molecular formula is C15H12ClN3OS. The number of aromatic nitrogens is 2. The molecule has 0 unspecified atom stereocenters. The number of amides is 1. The maximum absolute atomic E-state index is 12.5. The van der Waals surface area contributed by atoms with E-state index in [4.69, 9.17) is 11.6 Å². The smallest absolute Gasteiger partial charge is 0.258 e. The van der Waals surface area contributed by atoms with Gasteiger partial charge in [0.25, 0.3) is 5.91 Å². The molecular weight excluding hydrogens is 306 g/mol. The van der Waals surface area contributed by atoms with Crippen LogP contribution in [0.3, 0.4) is 0 Å². The van der Waals surface area contributed by atoms with Crippen LogP contribution < -0.4 is 5.32 Å². The van der Waals surface area contributed by atoms with Crippen molar-refractivity contribution in [1.29, 1.82) is 0 Å². The Morgan fingerprint density at radius 3 is 2.90 bits per heavy atom. The Morgan fingerprint density at radius 1 is 1.33 bits per heavy atom. The molecule has 2 aromatic heterocycles. The summed E-state index contributed by atoms with van der Waals surface area (Å²) in [6.07, 6.45) is 0. The van der Waals surface area contributed by atoms with Gasteiger partial charge in [0.2, 0.25) is 0 Å². The molecule has 0 saturated carbocycles. The number of alkyl halides is 1. The zero-order valence-electron chi connectivity index (χ0n) is 11.3. The van der Waals surface area contributed by atoms with Crippen LogP contribution in [0.25, 0.3) is 10.9 Å². The van der Waals surface area contributed by atoms with E-state index in [1.54, 1.807) is 6.07 Å². The number of thiazole rings is 1. The minimum Gasteiger partial charge on any atom is -0.298 e. The number of nitrogens with one attached hydrogen (secondary N) is 1. The first-order valence-corrected chi connectivity index (χ1v) is 7.77. The van der Waals surface area contributed by atoms with E-state index in [2.05, 4.69) is 15.3 Å². The standard InChI is InChI=1S/C15H12ClN3OS/c1-9-6-12(11-4-2-3-5-13(11)17-9)14(20)19-15-18-10(7-16)8-21-15/h2-6,8H,7H2,1H3,(H,18,19,20). The third-order valence-electron chi connectivity index (χ3n) is 3.00. The van der Waals surface area contributed by atoms with Gasteiger partial charge in [-0.05, 0) is 19.1 Å². The molecule has 4 nitrogen and oxygen atoms in total. The van der Waals surface area contributed by atoms with Gasteiger partial charge in [0, 0.05) is 16.5 Å². The van der Waals surface area contributed by atoms with E-state index in [0.717, 1.165) is 22.3 Å². The number of carbonyl (C=O) groups excluding carboxylic acids is 1. The van der Waals surface area contributed by atoms with Crippen LogP contribution in [-0.4, -0.2) is 15.9 Å². The van der Waals surface area contributed by atoms with E-state index in [9.17, 15) is 4.79 Å². The molecule has 0 aliphatic carbocycles. The highest BCUT2D eigenvalue weighted by atomic mass is 35.5. The van der Waals surface area contributed by atoms with E-state index in [1.807, 2.05) is 36.6 Å². The lowest BCUT2D eigenvalue weighted by Crippen LogP contribution is -2.13. The number of aryl methyl sites for hydroxylation is 1. The number of rotatable bonds is 3. The Kier molecular flexibility index (Phi) is 3.86. The molecule has 1 N–H and O–H groups in total. The van der Waals surface area contributed by atoms with Gasteiger partial charge in [-0.15, -0.1) is 22.9 Å². The van der Waals surface area contributed by atoms with Crippen LogP contribution in [0.2, 0.25) is 0 Å². The predicted molar refractivity (Wildman–Crippen MR) is 86.1 cm³/mol. The second kappa shape index (κ2) is 5.79. The van der Waals surface area contributed by atoms with Crippen LogP contribution in [0.5, 0.6) is 0 Å². The van der Waals surface area contributed by atoms with Crippen molar-refractivity contribution >= 4 is 44.9 Å². The SMILES string of the molecule is Cc1cc(C(=O)Nc2nc(CCl)cs2)c2ccccc2n1. The monoisotopic (exact) mass is 317 g/mol. The van der Waals surface area contributed by atoms with Crippen molar-refractivity contribution < 1.29 is 4.79 Å². The first-order valence-electron chi connectivity index (χ1n) is 6.35. The number of pyridine rings is 1. The Hall–Kier alpha value is -1.98. The van der Waals surface area contributed by atoms with Crippen molar-refractivity contribution in [3.8, 4) is 0 Å². The molecule has 0 aliphatic rings. The second-order valence-electron chi connectivity index (χ2n) is 4.56. The first kappa shape index (κ1) is 14.0. The third kappa shape index (κ3) is 2.89. The third-order valence-corrected chi connectivity index (χ3v) is 4.08. The number of fused-ring (bicyclic) bond motifs is 1. The van der Waals surface area contributed by atoms with Crippen LogP contribution in [0, 0.1) is 6.92 Å². The lowest BCUT2D eigenvalue weighted by molar-refractivity contribution is 0.102. The number of anilines is 1. The van der Waals surface area contributed by atoms with Gasteiger partial charge in [-0.2, -0.15) is 0 Å². The van der Waals surface area contributed by atoms with Gasteiger partial charge >= 0.3 is 0 Å². The number of halogens is 1. The van der Waals surface area contributed by atoms with E-state index in [1.165, 1.54) is 11.3 Å². The van der Waals surface area contributed by atoms with Crippen molar-refractivity contribution in [2.24, 2.45) is 0 Å². The summed E-state index contributed by atoms with van der Waals surface area (Å²) in [4.78, 5) is 21.1. The zero-order chi connectivity index (χ0) is 14.8. The molecule has 0 aliphatic heterocycles. The number of nitrogens with zero attached hydrogens (tertiary/aromatic N) is 2. The molecule has 0 atom stereocenters. The molecule has 0 saturated heterocycles. The fraction of sp³-hybridized carbons (Fsp3) is 0.133. The summed E-state index contributed by atoms with van der Waals surface area (Å²) in [6, 6.07) is 9.37. The molecule has 6 heteroatoms. The van der Waals surface area contributed by atoms with E-state index in [0.29, 0.717) is 16.6 Å². The van der Waals surface area contributed by atoms with Gasteiger partial charge in [0.15, 0.2) is 5.13 Å². The van der Waals surface area contributed by atoms with Crippen molar-refractivity contribution in [3.63, 3.8) is 0 Å². The summed E-state index contributed by atoms with van der Waals surface area (Å²) >= 11 is 7.08. The van der Waals surface area contributed by atoms with Crippen LogP contribution in [0.4, 0.5) is 5.13 Å². The molecule has 1 amide bonds. The van der Waals surface area contributed by atoms with Crippen LogP contribution in [0.1, 0.15) is 21.7 Å². The number of hydrogen-bond donors (Lipinski definition) is 1. The molecule has 3 aromatic rings. The van der Waals surface area contributed by atoms with Gasteiger partial charge in [-0.25, -0.2) is 4.98 Å². The lowest BCUT2D eigenvalue weighted by Gasteiger charge is -2.07. The van der Waals surface area contributed by atoms with Crippen molar-refractivity contribution in [2.45, 2.75) is 12.8 Å². The van der Waals surface area contributed by atoms with E-state index >= 15 is 0 Å². The summed E-state index contributed by atoms with van der Waals surface area (Å²) in [5.41, 5.74) is 2.97. The quantitative estimate of drug-likeness (QED) is 0.743. The average molecular weight is 318 g/mol. The molecule has 0 fully saturated rings. The average Bonchev–Trinajstić information content (AvgIpc) is 2.94. The van der Waals surface area contributed by atoms with Gasteiger partial charge in [0.05, 0.1) is 22.7 Å². The first-order chi connectivity index (χ1) is 10.2. The summed E-state index contributed by atoms with van der Waals surface area (Å²) in [5, 5.41) is 6.02. The molecule has 0 bridgehead atoms. The maximum Gasteiger partial charge on any atom is 0.258 e. The second-order valence-corrected chi connectivity index (χ2v) is 5.69. The fourth-order valence-electron chi connectivity index (χ4n) is 2.09. The van der Waals surface area contributed by atoms with Gasteiger partial charge in [0.1, 0.15) is 0 Å². The Bertz CT molecular complexity index is 816. The lowest BCUT2D eigenvalue weighted by atomic mass is 10.1. The molecule has 0 radical (unpaired) electrons. The largest absolute Gasteiger partial charge is 0.298 e. The molecule has 0 spiro atoms. The number of hydrogen-bond acceptors (Lipinski definition) is 4. The van der Waals surface area contributed by atoms with Crippen LogP contribution >= 0.6 is 22.9 Å². The summed E-state index contributed by atoms with van der Waals surface area (Å²) in [7, 11) is 0. The Balaban J connectivity index is 1.97. The summed E-state index contributed by atoms with van der Waals surface area (Å²) in [6.45, 7) is 1.87. The number of para-hydroxylation sites is 1. The fourth-order valence-corrected chi connectivity index (χ4v) is 3.02. The highest BCUT2D eigenvalue weighted by Crippen LogP contribution is 2.21. The van der Waals surface area contributed by atoms with Crippen molar-refractivity contribution in [2.75, 3.05) is 5.32 Å². The van der Waals surface area contributed by atoms with Gasteiger partial charge in [-0.3, -0.25) is 15.1 Å². The maximum atomic E-state index is 12.5. The highest BCUT2D eigenvalue weighted by molar-refractivity contribution is 7.14. The van der Waals surface area contributed by atoms with Crippen molar-refractivity contribution in [3.05, 3.63) is 52.7 Å². The highest BCUT2D eigenvalue weighted by Gasteiger charge is 2.13. The minimum absolute atomic E-state index is 0.188. The van der Waals surface area contributed by atoms with Crippen LogP contribution in [-0.2, 0) is 5.88 Å². The Morgan fingerprint density at radius 2 is 2.14 bits per heavy atom. The number of carbonyl (C=O) groups is 1. The van der Waals surface area contributed by atoms with Gasteiger partial charge < -0.3 is 0 Å². The van der Waals surface area contributed by atoms with Crippen molar-refractivity contribution in [1.82, 2.24) is 9.97 Å². The van der Waals surface area contributed by atoms with E-state index in [-0.39, 0.29) is 5.91 Å². The molecule has 2 heterocycles.